The average Bonchev–Trinajstić information content (AvgIpc) is 3.13. The molecule has 4 aromatic rings. The van der Waals surface area contributed by atoms with Gasteiger partial charge in [0.15, 0.2) is 5.69 Å². The third kappa shape index (κ3) is 4.87. The van der Waals surface area contributed by atoms with Crippen molar-refractivity contribution >= 4 is 38.4 Å². The number of carbonyl (C=O) groups is 1. The van der Waals surface area contributed by atoms with Crippen molar-refractivity contribution in [3.63, 3.8) is 0 Å². The summed E-state index contributed by atoms with van der Waals surface area (Å²) in [4.78, 5) is 19.1. The van der Waals surface area contributed by atoms with Crippen molar-refractivity contribution in [2.45, 2.75) is 32.0 Å². The second-order valence-electron chi connectivity index (χ2n) is 8.53. The van der Waals surface area contributed by atoms with Crippen molar-refractivity contribution < 1.29 is 14.3 Å². The summed E-state index contributed by atoms with van der Waals surface area (Å²) in [6, 6.07) is 15.0. The second-order valence-corrected chi connectivity index (χ2v) is 9.44. The van der Waals surface area contributed by atoms with Crippen LogP contribution in [0.15, 0.2) is 81.7 Å². The van der Waals surface area contributed by atoms with Gasteiger partial charge in [0.25, 0.3) is 5.91 Å². The minimum atomic E-state index is -0.618. The number of nitrogens with zero attached hydrogens (tertiary/aromatic N) is 5. The number of aromatic hydroxyl groups is 1. The molecule has 0 bridgehead atoms. The van der Waals surface area contributed by atoms with Crippen LogP contribution in [-0.2, 0) is 6.67 Å². The lowest BCUT2D eigenvalue weighted by Crippen LogP contribution is -2.34. The van der Waals surface area contributed by atoms with Crippen molar-refractivity contribution in [2.75, 3.05) is 6.54 Å². The van der Waals surface area contributed by atoms with Crippen LogP contribution in [0.4, 0.5) is 10.1 Å². The molecule has 35 heavy (non-hydrogen) atoms. The van der Waals surface area contributed by atoms with Gasteiger partial charge in [0.05, 0.1) is 12.2 Å². The van der Waals surface area contributed by atoms with Gasteiger partial charge in [-0.15, -0.1) is 10.2 Å². The summed E-state index contributed by atoms with van der Waals surface area (Å²) in [5.41, 5.74) is 2.36. The molecule has 2 aromatic carbocycles. The molecule has 1 N–H and O–H groups in total. The summed E-state index contributed by atoms with van der Waals surface area (Å²) in [6.45, 7) is 1.33. The van der Waals surface area contributed by atoms with Gasteiger partial charge in [-0.3, -0.25) is 19.2 Å². The van der Waals surface area contributed by atoms with E-state index < -0.39 is 11.7 Å². The fraction of sp³-hybridized carbons (Fsp3) is 0.231. The molecule has 5 rings (SSSR count). The number of hydrogen-bond donors (Lipinski definition) is 1. The van der Waals surface area contributed by atoms with E-state index in [9.17, 15) is 14.3 Å². The van der Waals surface area contributed by atoms with Gasteiger partial charge in [-0.2, -0.15) is 0 Å². The minimum absolute atomic E-state index is 0.0655. The molecule has 1 amide bonds. The molecule has 178 valence electrons. The van der Waals surface area contributed by atoms with E-state index in [0.29, 0.717) is 12.1 Å². The zero-order valence-corrected chi connectivity index (χ0v) is 20.4. The van der Waals surface area contributed by atoms with Gasteiger partial charge in [0.2, 0.25) is 5.88 Å². The Balaban J connectivity index is 1.50. The van der Waals surface area contributed by atoms with E-state index >= 15 is 0 Å². The van der Waals surface area contributed by atoms with Crippen LogP contribution in [0.5, 0.6) is 5.88 Å². The van der Waals surface area contributed by atoms with E-state index in [-0.39, 0.29) is 23.2 Å². The predicted molar refractivity (Wildman–Crippen MR) is 134 cm³/mol. The molecule has 2 aromatic heterocycles. The van der Waals surface area contributed by atoms with Gasteiger partial charge >= 0.3 is 0 Å². The zero-order chi connectivity index (χ0) is 24.4. The number of fused-ring (bicyclic) bond motifs is 1. The lowest BCUT2D eigenvalue weighted by molar-refractivity contribution is 0.0995. The highest BCUT2D eigenvalue weighted by atomic mass is 79.9. The van der Waals surface area contributed by atoms with E-state index in [0.717, 1.165) is 41.4 Å². The molecule has 1 aliphatic rings. The number of likely N-dealkylation sites (tertiary alicyclic amines) is 1. The molecule has 9 heteroatoms. The first-order valence-electron chi connectivity index (χ1n) is 11.4. The van der Waals surface area contributed by atoms with Crippen LogP contribution in [0.25, 0.3) is 10.9 Å². The third-order valence-electron chi connectivity index (χ3n) is 6.31. The Morgan fingerprint density at radius 1 is 1.17 bits per heavy atom. The summed E-state index contributed by atoms with van der Waals surface area (Å²) in [6.07, 6.45) is 6.88. The van der Waals surface area contributed by atoms with Gasteiger partial charge in [-0.1, -0.05) is 28.4 Å². The first-order valence-corrected chi connectivity index (χ1v) is 12.2. The van der Waals surface area contributed by atoms with E-state index in [1.54, 1.807) is 10.8 Å². The molecule has 0 aliphatic carbocycles. The van der Waals surface area contributed by atoms with Crippen LogP contribution in [0.2, 0.25) is 0 Å². The van der Waals surface area contributed by atoms with Crippen LogP contribution in [0.3, 0.4) is 0 Å². The maximum atomic E-state index is 13.2. The molecule has 7 nitrogen and oxygen atoms in total. The summed E-state index contributed by atoms with van der Waals surface area (Å²) >= 11 is 3.48. The monoisotopic (exact) mass is 535 g/mol. The van der Waals surface area contributed by atoms with E-state index in [1.165, 1.54) is 24.3 Å². The van der Waals surface area contributed by atoms with Crippen molar-refractivity contribution in [1.82, 2.24) is 14.5 Å². The Bertz CT molecular complexity index is 1390. The molecule has 1 atom stereocenters. The van der Waals surface area contributed by atoms with Crippen LogP contribution in [-0.4, -0.2) is 32.0 Å². The molecule has 3 heterocycles. The molecular weight excluding hydrogens is 513 g/mol. The largest absolute Gasteiger partial charge is 0.493 e. The van der Waals surface area contributed by atoms with E-state index in [2.05, 4.69) is 42.1 Å². The number of piperidine rings is 1. The molecule has 1 aliphatic heterocycles. The number of azo groups is 1. The van der Waals surface area contributed by atoms with Crippen LogP contribution >= 0.6 is 15.9 Å². The first kappa shape index (κ1) is 23.3. The van der Waals surface area contributed by atoms with Gasteiger partial charge < -0.3 is 5.11 Å². The van der Waals surface area contributed by atoms with Gasteiger partial charge in [0, 0.05) is 40.4 Å². The number of aromatic nitrogens is 2. The van der Waals surface area contributed by atoms with Crippen molar-refractivity contribution in [3.8, 4) is 5.88 Å². The molecule has 1 saturated heterocycles. The van der Waals surface area contributed by atoms with E-state index in [1.807, 2.05) is 30.5 Å². The average molecular weight is 536 g/mol. The van der Waals surface area contributed by atoms with Gasteiger partial charge in [0.1, 0.15) is 5.82 Å². The number of benzene rings is 2. The van der Waals surface area contributed by atoms with Gasteiger partial charge in [-0.25, -0.2) is 4.39 Å². The number of amides is 1. The fourth-order valence-corrected chi connectivity index (χ4v) is 4.94. The van der Waals surface area contributed by atoms with Crippen LogP contribution < -0.4 is 0 Å². The quantitative estimate of drug-likeness (QED) is 0.286. The number of rotatable bonds is 5. The number of halogens is 2. The van der Waals surface area contributed by atoms with Crippen molar-refractivity contribution in [2.24, 2.45) is 10.2 Å². The number of hydrogen-bond acceptors (Lipinski definition) is 5. The topological polar surface area (TPSA) is 83.1 Å². The highest BCUT2D eigenvalue weighted by Gasteiger charge is 2.27. The summed E-state index contributed by atoms with van der Waals surface area (Å²) in [5, 5.41) is 19.8. The Hall–Kier alpha value is -3.43. The maximum Gasteiger partial charge on any atom is 0.295 e. The summed E-state index contributed by atoms with van der Waals surface area (Å²) in [5.74, 6) is -1.12. The normalized spacial score (nSPS) is 16.8. The lowest BCUT2D eigenvalue weighted by Gasteiger charge is -2.36. The number of pyridine rings is 1. The van der Waals surface area contributed by atoms with Crippen molar-refractivity contribution in [3.05, 3.63) is 88.4 Å². The Morgan fingerprint density at radius 2 is 2.00 bits per heavy atom. The second kappa shape index (κ2) is 10.1. The Morgan fingerprint density at radius 3 is 2.77 bits per heavy atom. The Labute approximate surface area is 210 Å². The Kier molecular flexibility index (Phi) is 6.70. The molecule has 0 saturated carbocycles. The summed E-state index contributed by atoms with van der Waals surface area (Å²) < 4.78 is 15.8. The van der Waals surface area contributed by atoms with Crippen molar-refractivity contribution in [1.29, 1.82) is 0 Å². The molecule has 0 radical (unpaired) electrons. The lowest BCUT2D eigenvalue weighted by atomic mass is 9.97. The van der Waals surface area contributed by atoms with E-state index in [4.69, 9.17) is 0 Å². The van der Waals surface area contributed by atoms with Gasteiger partial charge in [-0.05, 0) is 66.9 Å². The highest BCUT2D eigenvalue weighted by Crippen LogP contribution is 2.41. The predicted octanol–water partition coefficient (Wildman–Crippen LogP) is 6.75. The van der Waals surface area contributed by atoms with Crippen LogP contribution in [0, 0.1) is 5.82 Å². The highest BCUT2D eigenvalue weighted by molar-refractivity contribution is 9.10. The third-order valence-corrected chi connectivity index (χ3v) is 6.80. The first-order chi connectivity index (χ1) is 17.0. The maximum absolute atomic E-state index is 13.2. The molecule has 0 unspecified atom stereocenters. The summed E-state index contributed by atoms with van der Waals surface area (Å²) in [7, 11) is 0. The SMILES string of the molecule is O=C(N=Nc1c(O)n(CN2CCCC[C@H]2c2cccnc2)c2ccc(Br)cc12)c1ccc(F)cc1. The zero-order valence-electron chi connectivity index (χ0n) is 18.8. The fourth-order valence-electron chi connectivity index (χ4n) is 4.58. The molecule has 1 fully saturated rings. The number of carbonyl (C=O) groups excluding carboxylic acids is 1. The smallest absolute Gasteiger partial charge is 0.295 e. The molecule has 0 spiro atoms. The minimum Gasteiger partial charge on any atom is -0.493 e. The van der Waals surface area contributed by atoms with Crippen LogP contribution in [0.1, 0.15) is 41.2 Å². The molecular formula is C26H23BrFN5O2. The standard InChI is InChI=1S/C26H23BrFN5O2/c27-19-8-11-23-21(14-19)24(30-31-25(34)17-6-9-20(28)10-7-17)26(35)33(23)16-32-13-2-1-5-22(32)18-4-3-12-29-15-18/h3-4,6-12,14-15,22,35H,1-2,5,13,16H2/t22-/m0/s1.